The summed E-state index contributed by atoms with van der Waals surface area (Å²) in [5.74, 6) is -1.44. The van der Waals surface area contributed by atoms with Crippen LogP contribution in [-0.2, 0) is 11.3 Å². The van der Waals surface area contributed by atoms with Crippen molar-refractivity contribution in [2.75, 3.05) is 0 Å². The normalized spacial score (nSPS) is 15.8. The smallest absolute Gasteiger partial charge is 0.335 e. The monoisotopic (exact) mass is 407 g/mol. The van der Waals surface area contributed by atoms with Crippen LogP contribution in [0, 0.1) is 0 Å². The van der Waals surface area contributed by atoms with Crippen LogP contribution in [0.2, 0.25) is 10.0 Å². The van der Waals surface area contributed by atoms with Gasteiger partial charge in [0.05, 0.1) is 27.1 Å². The van der Waals surface area contributed by atoms with Crippen molar-refractivity contribution in [1.82, 2.24) is 4.90 Å². The lowest BCUT2D eigenvalue weighted by molar-refractivity contribution is -0.123. The average Bonchev–Trinajstić information content (AvgIpc) is 2.86. The molecule has 8 heteroatoms. The summed E-state index contributed by atoms with van der Waals surface area (Å²) in [6, 6.07) is 11.0. The quantitative estimate of drug-likeness (QED) is 0.727. The highest BCUT2D eigenvalue weighted by Crippen LogP contribution is 2.34. The van der Waals surface area contributed by atoms with Crippen molar-refractivity contribution in [3.8, 4) is 0 Å². The molecule has 1 aliphatic heterocycles. The second-order valence-electron chi connectivity index (χ2n) is 5.44. The van der Waals surface area contributed by atoms with Gasteiger partial charge >= 0.3 is 5.97 Å². The number of carboxylic acid groups (broad SMARTS) is 1. The fraction of sp³-hybridized carbons (Fsp3) is 0.0556. The molecule has 1 saturated heterocycles. The van der Waals surface area contributed by atoms with Crippen LogP contribution in [0.3, 0.4) is 0 Å². The zero-order valence-electron chi connectivity index (χ0n) is 13.1. The second kappa shape index (κ2) is 7.53. The molecule has 0 aromatic heterocycles. The van der Waals surface area contributed by atoms with Crippen molar-refractivity contribution in [1.29, 1.82) is 0 Å². The molecule has 0 spiro atoms. The van der Waals surface area contributed by atoms with Crippen LogP contribution in [0.4, 0.5) is 4.79 Å². The molecule has 5 nitrogen and oxygen atoms in total. The number of imide groups is 1. The maximum atomic E-state index is 12.5. The van der Waals surface area contributed by atoms with Gasteiger partial charge in [0.2, 0.25) is 0 Å². The van der Waals surface area contributed by atoms with E-state index >= 15 is 0 Å². The first kappa shape index (κ1) is 18.5. The number of rotatable bonds is 4. The predicted octanol–water partition coefficient (Wildman–Crippen LogP) is 4.93. The first-order valence-corrected chi connectivity index (χ1v) is 8.95. The summed E-state index contributed by atoms with van der Waals surface area (Å²) in [5, 5.41) is 9.27. The summed E-state index contributed by atoms with van der Waals surface area (Å²) in [7, 11) is 0. The number of amides is 2. The zero-order chi connectivity index (χ0) is 18.8. The maximum Gasteiger partial charge on any atom is 0.335 e. The molecular formula is C18H11Cl2NO4S. The summed E-state index contributed by atoms with van der Waals surface area (Å²) < 4.78 is 0. The van der Waals surface area contributed by atoms with Crippen molar-refractivity contribution in [2.24, 2.45) is 0 Å². The molecule has 1 N–H and O–H groups in total. The number of carbonyl (C=O) groups excluding carboxylic acids is 2. The van der Waals surface area contributed by atoms with E-state index in [0.29, 0.717) is 21.2 Å². The minimum absolute atomic E-state index is 0.0941. The van der Waals surface area contributed by atoms with Gasteiger partial charge in [-0.1, -0.05) is 41.4 Å². The van der Waals surface area contributed by atoms with E-state index in [2.05, 4.69) is 0 Å². The number of thioether (sulfide) groups is 1. The SMILES string of the molecule is O=C(O)c1ccc(C=C2SC(=O)N(Cc3ccc(Cl)c(Cl)c3)C2=O)cc1. The topological polar surface area (TPSA) is 74.7 Å². The summed E-state index contributed by atoms with van der Waals surface area (Å²) in [6.45, 7) is 0.0941. The van der Waals surface area contributed by atoms with Gasteiger partial charge in [0.15, 0.2) is 0 Å². The van der Waals surface area contributed by atoms with Crippen molar-refractivity contribution in [2.45, 2.75) is 6.54 Å². The number of carboxylic acids is 1. The third-order valence-corrected chi connectivity index (χ3v) is 5.30. The molecule has 0 aliphatic carbocycles. The van der Waals surface area contributed by atoms with E-state index in [1.165, 1.54) is 12.1 Å². The standard InChI is InChI=1S/C18H11Cl2NO4S/c19-13-6-3-11(7-14(13)20)9-21-16(22)15(26-18(21)25)8-10-1-4-12(5-2-10)17(23)24/h1-8H,9H2,(H,23,24). The Morgan fingerprint density at radius 1 is 1.08 bits per heavy atom. The van der Waals surface area contributed by atoms with E-state index in [1.807, 2.05) is 0 Å². The van der Waals surface area contributed by atoms with Crippen molar-refractivity contribution in [3.63, 3.8) is 0 Å². The van der Waals surface area contributed by atoms with Crippen LogP contribution in [0.5, 0.6) is 0 Å². The molecule has 0 atom stereocenters. The Balaban J connectivity index is 1.79. The largest absolute Gasteiger partial charge is 0.478 e. The van der Waals surface area contributed by atoms with E-state index in [4.69, 9.17) is 28.3 Å². The average molecular weight is 408 g/mol. The molecule has 26 heavy (non-hydrogen) atoms. The fourth-order valence-electron chi connectivity index (χ4n) is 2.33. The van der Waals surface area contributed by atoms with Crippen molar-refractivity contribution < 1.29 is 19.5 Å². The molecule has 0 bridgehead atoms. The van der Waals surface area contributed by atoms with E-state index in [0.717, 1.165) is 16.7 Å². The first-order valence-electron chi connectivity index (χ1n) is 7.38. The van der Waals surface area contributed by atoms with Crippen molar-refractivity contribution in [3.05, 3.63) is 74.1 Å². The summed E-state index contributed by atoms with van der Waals surface area (Å²) in [5.41, 5.74) is 1.47. The van der Waals surface area contributed by atoms with Gasteiger partial charge in [-0.15, -0.1) is 0 Å². The van der Waals surface area contributed by atoms with Crippen LogP contribution in [-0.4, -0.2) is 27.1 Å². The maximum absolute atomic E-state index is 12.5. The molecular weight excluding hydrogens is 397 g/mol. The zero-order valence-corrected chi connectivity index (χ0v) is 15.4. The molecule has 0 unspecified atom stereocenters. The van der Waals surface area contributed by atoms with Gasteiger partial charge in [-0.3, -0.25) is 14.5 Å². The Hall–Kier alpha value is -2.28. The van der Waals surface area contributed by atoms with E-state index in [1.54, 1.807) is 36.4 Å². The van der Waals surface area contributed by atoms with E-state index in [9.17, 15) is 14.4 Å². The lowest BCUT2D eigenvalue weighted by atomic mass is 10.1. The van der Waals surface area contributed by atoms with Gasteiger partial charge < -0.3 is 5.11 Å². The number of hydrogen-bond donors (Lipinski definition) is 1. The third-order valence-electron chi connectivity index (χ3n) is 3.65. The van der Waals surface area contributed by atoms with Gasteiger partial charge in [0.25, 0.3) is 11.1 Å². The van der Waals surface area contributed by atoms with Crippen molar-refractivity contribution >= 4 is 58.2 Å². The second-order valence-corrected chi connectivity index (χ2v) is 7.25. The lowest BCUT2D eigenvalue weighted by Gasteiger charge is -2.12. The minimum Gasteiger partial charge on any atom is -0.478 e. The number of hydrogen-bond acceptors (Lipinski definition) is 4. The summed E-state index contributed by atoms with van der Waals surface area (Å²) in [6.07, 6.45) is 1.56. The number of benzene rings is 2. The number of nitrogens with zero attached hydrogens (tertiary/aromatic N) is 1. The van der Waals surface area contributed by atoms with E-state index in [-0.39, 0.29) is 22.3 Å². The summed E-state index contributed by atoms with van der Waals surface area (Å²) in [4.78, 5) is 37.0. The lowest BCUT2D eigenvalue weighted by Crippen LogP contribution is -2.27. The third kappa shape index (κ3) is 3.93. The summed E-state index contributed by atoms with van der Waals surface area (Å²) >= 11 is 12.7. The van der Waals surface area contributed by atoms with Gasteiger partial charge in [0, 0.05) is 0 Å². The Kier molecular flexibility index (Phi) is 5.36. The van der Waals surface area contributed by atoms with Gasteiger partial charge in [-0.05, 0) is 53.2 Å². The Bertz CT molecular complexity index is 941. The van der Waals surface area contributed by atoms with Crippen LogP contribution in [0.15, 0.2) is 47.4 Å². The van der Waals surface area contributed by atoms with Crippen LogP contribution < -0.4 is 0 Å². The molecule has 2 amide bonds. The molecule has 1 fully saturated rings. The molecule has 132 valence electrons. The van der Waals surface area contributed by atoms with Crippen LogP contribution in [0.25, 0.3) is 6.08 Å². The Morgan fingerprint density at radius 3 is 2.38 bits per heavy atom. The molecule has 0 saturated carbocycles. The molecule has 1 aliphatic rings. The minimum atomic E-state index is -1.03. The fourth-order valence-corrected chi connectivity index (χ4v) is 3.49. The first-order chi connectivity index (χ1) is 12.3. The Morgan fingerprint density at radius 2 is 1.77 bits per heavy atom. The predicted molar refractivity (Wildman–Crippen MR) is 101 cm³/mol. The van der Waals surface area contributed by atoms with E-state index < -0.39 is 11.9 Å². The highest BCUT2D eigenvalue weighted by Gasteiger charge is 2.35. The van der Waals surface area contributed by atoms with Gasteiger partial charge in [-0.25, -0.2) is 4.79 Å². The van der Waals surface area contributed by atoms with Crippen LogP contribution >= 0.6 is 35.0 Å². The molecule has 0 radical (unpaired) electrons. The molecule has 1 heterocycles. The highest BCUT2D eigenvalue weighted by molar-refractivity contribution is 8.18. The Labute approximate surface area is 163 Å². The molecule has 2 aromatic carbocycles. The number of halogens is 2. The molecule has 2 aromatic rings. The van der Waals surface area contributed by atoms with Crippen LogP contribution in [0.1, 0.15) is 21.5 Å². The number of aromatic carboxylic acids is 1. The van der Waals surface area contributed by atoms with Gasteiger partial charge in [0.1, 0.15) is 0 Å². The van der Waals surface area contributed by atoms with Gasteiger partial charge in [-0.2, -0.15) is 0 Å². The number of carbonyl (C=O) groups is 3. The highest BCUT2D eigenvalue weighted by atomic mass is 35.5. The molecule has 3 rings (SSSR count).